The summed E-state index contributed by atoms with van der Waals surface area (Å²) in [5.41, 5.74) is 1.76. The predicted octanol–water partition coefficient (Wildman–Crippen LogP) is 1.18. The van der Waals surface area contributed by atoms with Crippen molar-refractivity contribution in [3.8, 4) is 0 Å². The van der Waals surface area contributed by atoms with Crippen LogP contribution in [0.4, 0.5) is 5.95 Å². The summed E-state index contributed by atoms with van der Waals surface area (Å²) in [6, 6.07) is 3.69. The van der Waals surface area contributed by atoms with E-state index in [1.165, 1.54) is 10.9 Å². The number of hydrogen-bond acceptors (Lipinski definition) is 5. The van der Waals surface area contributed by atoms with Gasteiger partial charge >= 0.3 is 0 Å². The Labute approximate surface area is 121 Å². The first-order valence-electron chi connectivity index (χ1n) is 5.74. The second-order valence-corrected chi connectivity index (χ2v) is 5.06. The minimum Gasteiger partial charge on any atom is -0.288 e. The Morgan fingerprint density at radius 2 is 2.20 bits per heavy atom. The van der Waals surface area contributed by atoms with Crippen molar-refractivity contribution < 1.29 is 4.79 Å². The monoisotopic (exact) mass is 335 g/mol. The molecule has 8 nitrogen and oxygen atoms in total. The van der Waals surface area contributed by atoms with Crippen LogP contribution in [0.25, 0.3) is 5.65 Å². The summed E-state index contributed by atoms with van der Waals surface area (Å²) in [7, 11) is 1.69. The van der Waals surface area contributed by atoms with Crippen molar-refractivity contribution in [1.29, 1.82) is 0 Å². The van der Waals surface area contributed by atoms with Gasteiger partial charge in [0, 0.05) is 11.5 Å². The average molecular weight is 336 g/mol. The predicted molar refractivity (Wildman–Crippen MR) is 74.4 cm³/mol. The van der Waals surface area contributed by atoms with E-state index >= 15 is 0 Å². The highest BCUT2D eigenvalue weighted by atomic mass is 79.9. The number of pyridine rings is 1. The molecule has 0 spiro atoms. The van der Waals surface area contributed by atoms with Gasteiger partial charge in [-0.25, -0.2) is 4.52 Å². The van der Waals surface area contributed by atoms with Crippen LogP contribution in [-0.4, -0.2) is 35.5 Å². The second kappa shape index (κ2) is 4.67. The molecule has 102 valence electrons. The molecule has 0 aliphatic carbocycles. The maximum absolute atomic E-state index is 11.9. The van der Waals surface area contributed by atoms with Gasteiger partial charge in [0.2, 0.25) is 5.95 Å². The minimum atomic E-state index is -0.397. The SMILES string of the molecule is Cc1c(Br)ccc2nc(NC(=O)c3cn(C)nn3)nn12. The fourth-order valence-electron chi connectivity index (χ4n) is 1.72. The summed E-state index contributed by atoms with van der Waals surface area (Å²) in [6.45, 7) is 1.90. The Morgan fingerprint density at radius 1 is 1.40 bits per heavy atom. The summed E-state index contributed by atoms with van der Waals surface area (Å²) >= 11 is 3.42. The summed E-state index contributed by atoms with van der Waals surface area (Å²) in [4.78, 5) is 16.2. The molecule has 0 unspecified atom stereocenters. The van der Waals surface area contributed by atoms with E-state index in [0.717, 1.165) is 10.2 Å². The largest absolute Gasteiger partial charge is 0.288 e. The van der Waals surface area contributed by atoms with Crippen molar-refractivity contribution in [3.05, 3.63) is 34.2 Å². The van der Waals surface area contributed by atoms with Crippen LogP contribution in [0.15, 0.2) is 22.8 Å². The fourth-order valence-corrected chi connectivity index (χ4v) is 2.02. The van der Waals surface area contributed by atoms with Gasteiger partial charge in [0.05, 0.1) is 11.9 Å². The highest BCUT2D eigenvalue weighted by Gasteiger charge is 2.14. The number of halogens is 1. The molecule has 0 bridgehead atoms. The quantitative estimate of drug-likeness (QED) is 0.759. The van der Waals surface area contributed by atoms with E-state index in [0.29, 0.717) is 5.65 Å². The van der Waals surface area contributed by atoms with Crippen LogP contribution < -0.4 is 5.32 Å². The van der Waals surface area contributed by atoms with Crippen molar-refractivity contribution in [2.45, 2.75) is 6.92 Å². The lowest BCUT2D eigenvalue weighted by molar-refractivity contribution is 0.102. The lowest BCUT2D eigenvalue weighted by Crippen LogP contribution is -2.13. The third kappa shape index (κ3) is 2.16. The number of carbonyl (C=O) groups is 1. The molecule has 3 aromatic rings. The number of nitrogens with zero attached hydrogens (tertiary/aromatic N) is 6. The molecule has 3 aromatic heterocycles. The Morgan fingerprint density at radius 3 is 2.90 bits per heavy atom. The van der Waals surface area contributed by atoms with Crippen LogP contribution in [0.1, 0.15) is 16.2 Å². The zero-order valence-corrected chi connectivity index (χ0v) is 12.3. The van der Waals surface area contributed by atoms with Gasteiger partial charge in [-0.2, -0.15) is 4.98 Å². The number of nitrogens with one attached hydrogen (secondary N) is 1. The maximum Gasteiger partial charge on any atom is 0.280 e. The summed E-state index contributed by atoms with van der Waals surface area (Å²) in [6.07, 6.45) is 1.52. The Bertz CT molecular complexity index is 806. The molecule has 0 aliphatic rings. The lowest BCUT2D eigenvalue weighted by Gasteiger charge is -1.98. The molecule has 9 heteroatoms. The van der Waals surface area contributed by atoms with E-state index in [4.69, 9.17) is 0 Å². The van der Waals surface area contributed by atoms with Gasteiger partial charge in [-0.3, -0.25) is 14.8 Å². The van der Waals surface area contributed by atoms with Crippen molar-refractivity contribution in [3.63, 3.8) is 0 Å². The van der Waals surface area contributed by atoms with E-state index in [1.807, 2.05) is 19.1 Å². The molecule has 0 aliphatic heterocycles. The van der Waals surface area contributed by atoms with Crippen LogP contribution >= 0.6 is 15.9 Å². The molecule has 0 aromatic carbocycles. The normalized spacial score (nSPS) is 10.9. The van der Waals surface area contributed by atoms with Crippen LogP contribution in [0.5, 0.6) is 0 Å². The first kappa shape index (κ1) is 12.7. The molecule has 0 radical (unpaired) electrons. The van der Waals surface area contributed by atoms with Crippen LogP contribution in [0.2, 0.25) is 0 Å². The van der Waals surface area contributed by atoms with Crippen molar-refractivity contribution in [2.24, 2.45) is 7.05 Å². The summed E-state index contributed by atoms with van der Waals surface area (Å²) < 4.78 is 4.02. The van der Waals surface area contributed by atoms with E-state index < -0.39 is 5.91 Å². The van der Waals surface area contributed by atoms with Crippen molar-refractivity contribution >= 4 is 33.4 Å². The van der Waals surface area contributed by atoms with Gasteiger partial charge in [0.1, 0.15) is 0 Å². The van der Waals surface area contributed by atoms with Crippen molar-refractivity contribution in [2.75, 3.05) is 5.32 Å². The molecule has 3 heterocycles. The van der Waals surface area contributed by atoms with Crippen LogP contribution in [0, 0.1) is 6.92 Å². The topological polar surface area (TPSA) is 90.0 Å². The van der Waals surface area contributed by atoms with Crippen LogP contribution in [0.3, 0.4) is 0 Å². The number of amides is 1. The van der Waals surface area contributed by atoms with Gasteiger partial charge in [-0.1, -0.05) is 5.21 Å². The first-order chi connectivity index (χ1) is 9.54. The highest BCUT2D eigenvalue weighted by Crippen LogP contribution is 2.17. The fraction of sp³-hybridized carbons (Fsp3) is 0.182. The van der Waals surface area contributed by atoms with Gasteiger partial charge in [-0.05, 0) is 35.0 Å². The van der Waals surface area contributed by atoms with Crippen LogP contribution in [-0.2, 0) is 7.05 Å². The molecule has 1 amide bonds. The molecule has 0 saturated carbocycles. The molecular formula is C11H10BrN7O. The van der Waals surface area contributed by atoms with E-state index in [2.05, 4.69) is 41.6 Å². The highest BCUT2D eigenvalue weighted by molar-refractivity contribution is 9.10. The molecule has 3 rings (SSSR count). The zero-order chi connectivity index (χ0) is 14.3. The van der Waals surface area contributed by atoms with E-state index in [-0.39, 0.29) is 11.6 Å². The Hall–Kier alpha value is -2.29. The van der Waals surface area contributed by atoms with Gasteiger partial charge < -0.3 is 0 Å². The number of rotatable bonds is 2. The standard InChI is InChI=1S/C11H10BrN7O/c1-6-7(12)3-4-9-13-11(16-19(6)9)14-10(20)8-5-18(2)17-15-8/h3-5H,1-2H3,(H,14,16,20). The molecule has 0 saturated heterocycles. The maximum atomic E-state index is 11.9. The second-order valence-electron chi connectivity index (χ2n) is 4.20. The minimum absolute atomic E-state index is 0.212. The van der Waals surface area contributed by atoms with E-state index in [9.17, 15) is 4.79 Å². The zero-order valence-electron chi connectivity index (χ0n) is 10.7. The molecule has 20 heavy (non-hydrogen) atoms. The summed E-state index contributed by atoms with van der Waals surface area (Å²) in [5.74, 6) is -0.174. The number of carbonyl (C=O) groups excluding carboxylic acids is 1. The molecular weight excluding hydrogens is 326 g/mol. The lowest BCUT2D eigenvalue weighted by atomic mass is 10.4. The molecule has 0 atom stereocenters. The number of aromatic nitrogens is 6. The van der Waals surface area contributed by atoms with Crippen molar-refractivity contribution in [1.82, 2.24) is 29.6 Å². The number of anilines is 1. The first-order valence-corrected chi connectivity index (χ1v) is 6.53. The third-order valence-electron chi connectivity index (χ3n) is 2.73. The third-order valence-corrected chi connectivity index (χ3v) is 3.57. The number of hydrogen-bond donors (Lipinski definition) is 1. The van der Waals surface area contributed by atoms with Gasteiger partial charge in [0.15, 0.2) is 11.3 Å². The molecule has 0 fully saturated rings. The number of aryl methyl sites for hydroxylation is 2. The van der Waals surface area contributed by atoms with Gasteiger partial charge in [-0.15, -0.1) is 10.2 Å². The number of fused-ring (bicyclic) bond motifs is 1. The smallest absolute Gasteiger partial charge is 0.280 e. The average Bonchev–Trinajstić information content (AvgIpc) is 3.00. The van der Waals surface area contributed by atoms with Gasteiger partial charge in [0.25, 0.3) is 5.91 Å². The van der Waals surface area contributed by atoms with E-state index in [1.54, 1.807) is 11.6 Å². The Kier molecular flexibility index (Phi) is 2.97. The summed E-state index contributed by atoms with van der Waals surface area (Å²) in [5, 5.41) is 14.3. The Balaban J connectivity index is 1.92. The molecule has 1 N–H and O–H groups in total.